The lowest BCUT2D eigenvalue weighted by molar-refractivity contribution is 0.0525. The summed E-state index contributed by atoms with van der Waals surface area (Å²) in [5, 5.41) is 0. The van der Waals surface area contributed by atoms with Gasteiger partial charge in [-0.1, -0.05) is 0 Å². The topological polar surface area (TPSA) is 52.1 Å². The second-order valence-electron chi connectivity index (χ2n) is 2.24. The first kappa shape index (κ1) is 8.64. The van der Waals surface area contributed by atoms with Crippen molar-refractivity contribution in [2.45, 2.75) is 13.8 Å². The van der Waals surface area contributed by atoms with Crippen LogP contribution >= 0.6 is 0 Å². The number of rotatable bonds is 2. The fraction of sp³-hybridized carbons (Fsp3) is 0.375. The third kappa shape index (κ3) is 2.02. The summed E-state index contributed by atoms with van der Waals surface area (Å²) < 4.78 is 4.75. The minimum absolute atomic E-state index is 0.368. The van der Waals surface area contributed by atoms with E-state index < -0.39 is 0 Å². The van der Waals surface area contributed by atoms with Crippen LogP contribution in [0.4, 0.5) is 0 Å². The molecule has 0 N–H and O–H groups in total. The highest BCUT2D eigenvalue weighted by Gasteiger charge is 2.05. The molecule has 0 aromatic carbocycles. The molecule has 64 valence electrons. The van der Waals surface area contributed by atoms with Gasteiger partial charge in [0.2, 0.25) is 0 Å². The van der Waals surface area contributed by atoms with Gasteiger partial charge in [-0.3, -0.25) is 0 Å². The lowest BCUT2D eigenvalue weighted by Gasteiger charge is -1.99. The molecule has 12 heavy (non-hydrogen) atoms. The van der Waals surface area contributed by atoms with E-state index >= 15 is 0 Å². The van der Waals surface area contributed by atoms with Crippen LogP contribution < -0.4 is 0 Å². The zero-order valence-corrected chi connectivity index (χ0v) is 7.07. The van der Waals surface area contributed by atoms with Crippen LogP contribution in [0.1, 0.15) is 23.1 Å². The van der Waals surface area contributed by atoms with E-state index in [1.807, 2.05) is 0 Å². The monoisotopic (exact) mass is 166 g/mol. The van der Waals surface area contributed by atoms with Gasteiger partial charge in [-0.25, -0.2) is 14.8 Å². The Morgan fingerprint density at radius 1 is 1.50 bits per heavy atom. The third-order valence-corrected chi connectivity index (χ3v) is 1.29. The summed E-state index contributed by atoms with van der Waals surface area (Å²) in [7, 11) is 0. The number of carbonyl (C=O) groups is 1. The van der Waals surface area contributed by atoms with Crippen LogP contribution in [-0.2, 0) is 4.74 Å². The van der Waals surface area contributed by atoms with Crippen molar-refractivity contribution in [3.05, 3.63) is 23.8 Å². The zero-order valence-electron chi connectivity index (χ0n) is 7.07. The molecule has 0 aliphatic carbocycles. The molecular formula is C8H10N2O2. The molecule has 1 aromatic rings. The number of aromatic nitrogens is 2. The maximum Gasteiger partial charge on any atom is 0.341 e. The molecule has 0 atom stereocenters. The van der Waals surface area contributed by atoms with E-state index in [2.05, 4.69) is 9.97 Å². The summed E-state index contributed by atoms with van der Waals surface area (Å²) in [6.45, 7) is 3.88. The Bertz CT molecular complexity index is 269. The van der Waals surface area contributed by atoms with Crippen LogP contribution in [0.2, 0.25) is 0 Å². The molecule has 1 rings (SSSR count). The number of carbonyl (C=O) groups excluding carboxylic acids is 1. The Kier molecular flexibility index (Phi) is 2.74. The molecule has 0 aliphatic rings. The number of hydrogen-bond donors (Lipinski definition) is 0. The number of esters is 1. The van der Waals surface area contributed by atoms with Crippen molar-refractivity contribution < 1.29 is 9.53 Å². The van der Waals surface area contributed by atoms with Crippen molar-refractivity contribution in [3.8, 4) is 0 Å². The molecule has 4 heteroatoms. The molecule has 0 spiro atoms. The SMILES string of the molecule is CCOC(=O)c1cnc(C)nc1. The largest absolute Gasteiger partial charge is 0.462 e. The van der Waals surface area contributed by atoms with Crippen molar-refractivity contribution in [3.63, 3.8) is 0 Å². The molecule has 0 unspecified atom stereocenters. The van der Waals surface area contributed by atoms with Gasteiger partial charge >= 0.3 is 5.97 Å². The molecule has 0 aliphatic heterocycles. The van der Waals surface area contributed by atoms with Gasteiger partial charge in [0.05, 0.1) is 12.2 Å². The average Bonchev–Trinajstić information content (AvgIpc) is 2.06. The first-order valence-corrected chi connectivity index (χ1v) is 3.69. The highest BCUT2D eigenvalue weighted by molar-refractivity contribution is 5.88. The Labute approximate surface area is 70.6 Å². The molecule has 0 amide bonds. The van der Waals surface area contributed by atoms with Gasteiger partial charge in [0.1, 0.15) is 5.82 Å². The van der Waals surface area contributed by atoms with E-state index in [-0.39, 0.29) is 5.97 Å². The first-order chi connectivity index (χ1) is 5.74. The van der Waals surface area contributed by atoms with E-state index in [1.54, 1.807) is 13.8 Å². The quantitative estimate of drug-likeness (QED) is 0.614. The fourth-order valence-electron chi connectivity index (χ4n) is 0.712. The molecule has 4 nitrogen and oxygen atoms in total. The Morgan fingerprint density at radius 2 is 2.08 bits per heavy atom. The highest BCUT2D eigenvalue weighted by Crippen LogP contribution is 1.97. The molecule has 1 aromatic heterocycles. The van der Waals surface area contributed by atoms with E-state index in [1.165, 1.54) is 12.4 Å². The van der Waals surface area contributed by atoms with Gasteiger partial charge in [-0.15, -0.1) is 0 Å². The van der Waals surface area contributed by atoms with Gasteiger partial charge in [-0.2, -0.15) is 0 Å². The second-order valence-corrected chi connectivity index (χ2v) is 2.24. The van der Waals surface area contributed by atoms with Crippen molar-refractivity contribution >= 4 is 5.97 Å². The van der Waals surface area contributed by atoms with Gasteiger partial charge < -0.3 is 4.74 Å². The van der Waals surface area contributed by atoms with Crippen molar-refractivity contribution in [2.75, 3.05) is 6.61 Å². The number of aryl methyl sites for hydroxylation is 1. The summed E-state index contributed by atoms with van der Waals surface area (Å²) in [5.74, 6) is 0.264. The third-order valence-electron chi connectivity index (χ3n) is 1.29. The minimum Gasteiger partial charge on any atom is -0.462 e. The fourth-order valence-corrected chi connectivity index (χ4v) is 0.712. The van der Waals surface area contributed by atoms with Crippen molar-refractivity contribution in [2.24, 2.45) is 0 Å². The predicted octanol–water partition coefficient (Wildman–Crippen LogP) is 0.962. The smallest absolute Gasteiger partial charge is 0.341 e. The molecular weight excluding hydrogens is 156 g/mol. The number of ether oxygens (including phenoxy) is 1. The van der Waals surface area contributed by atoms with Crippen molar-refractivity contribution in [1.82, 2.24) is 9.97 Å². The van der Waals surface area contributed by atoms with Crippen molar-refractivity contribution in [1.29, 1.82) is 0 Å². The summed E-state index contributed by atoms with van der Waals surface area (Å²) in [6.07, 6.45) is 2.92. The lowest BCUT2D eigenvalue weighted by Crippen LogP contribution is -2.05. The Balaban J connectivity index is 2.75. The molecule has 0 saturated heterocycles. The van der Waals surface area contributed by atoms with Crippen LogP contribution in [0.15, 0.2) is 12.4 Å². The van der Waals surface area contributed by atoms with E-state index in [0.717, 1.165) is 0 Å². The predicted molar refractivity (Wildman–Crippen MR) is 42.7 cm³/mol. The van der Waals surface area contributed by atoms with E-state index in [4.69, 9.17) is 4.74 Å². The van der Waals surface area contributed by atoms with Crippen LogP contribution in [0.3, 0.4) is 0 Å². The molecule has 0 fully saturated rings. The molecule has 1 heterocycles. The average molecular weight is 166 g/mol. The minimum atomic E-state index is -0.377. The van der Waals surface area contributed by atoms with Crippen LogP contribution in [0, 0.1) is 6.92 Å². The standard InChI is InChI=1S/C8H10N2O2/c1-3-12-8(11)7-4-9-6(2)10-5-7/h4-5H,3H2,1-2H3. The maximum atomic E-state index is 11.1. The lowest BCUT2D eigenvalue weighted by atomic mass is 10.3. The summed E-state index contributed by atoms with van der Waals surface area (Å²) in [6, 6.07) is 0. The van der Waals surface area contributed by atoms with Crippen LogP contribution in [0.25, 0.3) is 0 Å². The number of hydrogen-bond acceptors (Lipinski definition) is 4. The van der Waals surface area contributed by atoms with E-state index in [0.29, 0.717) is 18.0 Å². The number of nitrogens with zero attached hydrogens (tertiary/aromatic N) is 2. The van der Waals surface area contributed by atoms with Gasteiger partial charge in [0.15, 0.2) is 0 Å². The normalized spacial score (nSPS) is 9.50. The zero-order chi connectivity index (χ0) is 8.97. The van der Waals surface area contributed by atoms with Gasteiger partial charge in [-0.05, 0) is 13.8 Å². The Hall–Kier alpha value is -1.45. The molecule has 0 radical (unpaired) electrons. The summed E-state index contributed by atoms with van der Waals surface area (Å²) in [4.78, 5) is 18.8. The van der Waals surface area contributed by atoms with Gasteiger partial charge in [0, 0.05) is 12.4 Å². The van der Waals surface area contributed by atoms with Crippen LogP contribution in [-0.4, -0.2) is 22.5 Å². The summed E-state index contributed by atoms with van der Waals surface area (Å²) in [5.41, 5.74) is 0.391. The Morgan fingerprint density at radius 3 is 2.58 bits per heavy atom. The van der Waals surface area contributed by atoms with Crippen LogP contribution in [0.5, 0.6) is 0 Å². The second kappa shape index (κ2) is 3.80. The van der Waals surface area contributed by atoms with E-state index in [9.17, 15) is 4.79 Å². The maximum absolute atomic E-state index is 11.1. The molecule has 0 saturated carbocycles. The molecule has 0 bridgehead atoms. The highest BCUT2D eigenvalue weighted by atomic mass is 16.5. The summed E-state index contributed by atoms with van der Waals surface area (Å²) >= 11 is 0. The first-order valence-electron chi connectivity index (χ1n) is 3.69. The van der Waals surface area contributed by atoms with Gasteiger partial charge in [0.25, 0.3) is 0 Å².